The van der Waals surface area contributed by atoms with E-state index < -0.39 is 5.97 Å². The van der Waals surface area contributed by atoms with Crippen LogP contribution in [0, 0.1) is 5.92 Å². The van der Waals surface area contributed by atoms with E-state index in [0.29, 0.717) is 24.7 Å². The third-order valence-electron chi connectivity index (χ3n) is 3.41. The average Bonchev–Trinajstić information content (AvgIpc) is 2.95. The van der Waals surface area contributed by atoms with E-state index in [1.807, 2.05) is 12.1 Å². The third kappa shape index (κ3) is 3.84. The smallest absolute Gasteiger partial charge is 0.325 e. The molecule has 0 aliphatic heterocycles. The molecule has 0 bridgehead atoms. The summed E-state index contributed by atoms with van der Waals surface area (Å²) in [4.78, 5) is 22.3. The number of esters is 1. The van der Waals surface area contributed by atoms with E-state index in [0.717, 1.165) is 11.5 Å². The van der Waals surface area contributed by atoms with Crippen LogP contribution in [-0.4, -0.2) is 25.5 Å². The van der Waals surface area contributed by atoms with Gasteiger partial charge in [-0.1, -0.05) is 6.92 Å². The number of hydrogen-bond acceptors (Lipinski definition) is 4. The number of carbonyl (C=O) groups is 2. The van der Waals surface area contributed by atoms with Gasteiger partial charge in [-0.3, -0.25) is 9.59 Å². The first kappa shape index (κ1) is 13.6. The number of furan rings is 1. The molecule has 2 rings (SSSR count). The van der Waals surface area contributed by atoms with Crippen molar-refractivity contribution in [2.24, 2.45) is 5.92 Å². The van der Waals surface area contributed by atoms with Crippen molar-refractivity contribution in [3.63, 3.8) is 0 Å². The molecule has 5 nitrogen and oxygen atoms in total. The summed E-state index contributed by atoms with van der Waals surface area (Å²) in [6, 6.07) is 3.92. The first-order valence-corrected chi connectivity index (χ1v) is 6.52. The number of aryl methyl sites for hydroxylation is 1. The molecule has 1 aliphatic carbocycles. The highest BCUT2D eigenvalue weighted by Crippen LogP contribution is 2.47. The van der Waals surface area contributed by atoms with E-state index in [-0.39, 0.29) is 12.5 Å². The fourth-order valence-electron chi connectivity index (χ4n) is 2.01. The highest BCUT2D eigenvalue weighted by atomic mass is 16.5. The van der Waals surface area contributed by atoms with Gasteiger partial charge in [-0.15, -0.1) is 0 Å². The van der Waals surface area contributed by atoms with Gasteiger partial charge in [0.1, 0.15) is 18.1 Å². The van der Waals surface area contributed by atoms with Crippen molar-refractivity contribution in [3.05, 3.63) is 23.7 Å². The standard InChI is InChI=1S/C14H19NO4/c1-9-7-11(9)12-5-3-10(19-12)4-6-13(16)15-8-14(17)18-2/h3,5,9,11H,4,6-8H2,1-2H3,(H,15,16). The number of ether oxygens (including phenoxy) is 1. The molecule has 1 heterocycles. The van der Waals surface area contributed by atoms with E-state index in [1.54, 1.807) is 0 Å². The van der Waals surface area contributed by atoms with Crippen LogP contribution in [0.15, 0.2) is 16.5 Å². The van der Waals surface area contributed by atoms with Crippen LogP contribution in [0.5, 0.6) is 0 Å². The number of methoxy groups -OCH3 is 1. The summed E-state index contributed by atoms with van der Waals surface area (Å²) in [5, 5.41) is 2.50. The van der Waals surface area contributed by atoms with Crippen LogP contribution in [0.2, 0.25) is 0 Å². The highest BCUT2D eigenvalue weighted by molar-refractivity contribution is 5.81. The molecule has 1 aromatic rings. The second-order valence-electron chi connectivity index (χ2n) is 4.98. The second kappa shape index (κ2) is 5.91. The molecule has 0 spiro atoms. The zero-order chi connectivity index (χ0) is 13.8. The molecule has 2 unspecified atom stereocenters. The molecule has 1 aliphatic rings. The van der Waals surface area contributed by atoms with Gasteiger partial charge < -0.3 is 14.5 Å². The predicted molar refractivity (Wildman–Crippen MR) is 68.6 cm³/mol. The molecule has 1 aromatic heterocycles. The maximum absolute atomic E-state index is 11.5. The summed E-state index contributed by atoms with van der Waals surface area (Å²) < 4.78 is 10.1. The minimum absolute atomic E-state index is 0.0850. The van der Waals surface area contributed by atoms with Crippen LogP contribution in [0.25, 0.3) is 0 Å². The van der Waals surface area contributed by atoms with Gasteiger partial charge in [-0.25, -0.2) is 0 Å². The Morgan fingerprint density at radius 1 is 1.47 bits per heavy atom. The Labute approximate surface area is 112 Å². The quantitative estimate of drug-likeness (QED) is 0.794. The number of hydrogen-bond donors (Lipinski definition) is 1. The molecule has 1 fully saturated rings. The average molecular weight is 265 g/mol. The lowest BCUT2D eigenvalue weighted by atomic mass is 10.2. The second-order valence-corrected chi connectivity index (χ2v) is 4.98. The fourth-order valence-corrected chi connectivity index (χ4v) is 2.01. The number of amides is 1. The van der Waals surface area contributed by atoms with E-state index in [4.69, 9.17) is 4.42 Å². The van der Waals surface area contributed by atoms with Crippen LogP contribution in [0.3, 0.4) is 0 Å². The molecule has 0 radical (unpaired) electrons. The molecule has 0 saturated heterocycles. The summed E-state index contributed by atoms with van der Waals surface area (Å²) in [7, 11) is 1.29. The molecule has 2 atom stereocenters. The summed E-state index contributed by atoms with van der Waals surface area (Å²) in [6.07, 6.45) is 2.05. The van der Waals surface area contributed by atoms with Crippen LogP contribution in [-0.2, 0) is 20.7 Å². The zero-order valence-electron chi connectivity index (χ0n) is 11.3. The first-order valence-electron chi connectivity index (χ1n) is 6.52. The number of nitrogens with one attached hydrogen (secondary N) is 1. The maximum Gasteiger partial charge on any atom is 0.325 e. The molecule has 1 amide bonds. The van der Waals surface area contributed by atoms with Crippen LogP contribution < -0.4 is 5.32 Å². The van der Waals surface area contributed by atoms with Crippen molar-refractivity contribution >= 4 is 11.9 Å². The lowest BCUT2D eigenvalue weighted by Crippen LogP contribution is -2.30. The molecule has 19 heavy (non-hydrogen) atoms. The number of carbonyl (C=O) groups excluding carboxylic acids is 2. The van der Waals surface area contributed by atoms with E-state index in [9.17, 15) is 9.59 Å². The largest absolute Gasteiger partial charge is 0.468 e. The highest BCUT2D eigenvalue weighted by Gasteiger charge is 2.36. The Morgan fingerprint density at radius 2 is 2.21 bits per heavy atom. The van der Waals surface area contributed by atoms with Gasteiger partial charge in [0.2, 0.25) is 5.91 Å². The van der Waals surface area contributed by atoms with Crippen LogP contribution >= 0.6 is 0 Å². The van der Waals surface area contributed by atoms with Gasteiger partial charge in [-0.2, -0.15) is 0 Å². The Hall–Kier alpha value is -1.78. The van der Waals surface area contributed by atoms with E-state index >= 15 is 0 Å². The van der Waals surface area contributed by atoms with Crippen molar-refractivity contribution in [2.45, 2.75) is 32.1 Å². The lowest BCUT2D eigenvalue weighted by molar-refractivity contribution is -0.141. The Balaban J connectivity index is 1.71. The topological polar surface area (TPSA) is 68.5 Å². The summed E-state index contributed by atoms with van der Waals surface area (Å²) in [5.41, 5.74) is 0. The Bertz CT molecular complexity index is 466. The molecule has 5 heteroatoms. The van der Waals surface area contributed by atoms with Gasteiger partial charge in [0.25, 0.3) is 0 Å². The van der Waals surface area contributed by atoms with Crippen molar-refractivity contribution in [1.82, 2.24) is 5.32 Å². The monoisotopic (exact) mass is 265 g/mol. The molecular weight excluding hydrogens is 246 g/mol. The van der Waals surface area contributed by atoms with Gasteiger partial charge in [-0.05, 0) is 24.5 Å². The van der Waals surface area contributed by atoms with Crippen LogP contribution in [0.1, 0.15) is 37.2 Å². The van der Waals surface area contributed by atoms with Crippen molar-refractivity contribution in [3.8, 4) is 0 Å². The van der Waals surface area contributed by atoms with Crippen molar-refractivity contribution < 1.29 is 18.7 Å². The van der Waals surface area contributed by atoms with Gasteiger partial charge in [0.05, 0.1) is 7.11 Å². The maximum atomic E-state index is 11.5. The third-order valence-corrected chi connectivity index (χ3v) is 3.41. The first-order chi connectivity index (χ1) is 9.10. The van der Waals surface area contributed by atoms with E-state index in [1.165, 1.54) is 13.5 Å². The van der Waals surface area contributed by atoms with Gasteiger partial charge in [0.15, 0.2) is 0 Å². The van der Waals surface area contributed by atoms with Crippen molar-refractivity contribution in [1.29, 1.82) is 0 Å². The molecular formula is C14H19NO4. The molecule has 104 valence electrons. The van der Waals surface area contributed by atoms with Gasteiger partial charge in [0, 0.05) is 18.8 Å². The van der Waals surface area contributed by atoms with E-state index in [2.05, 4.69) is 17.0 Å². The predicted octanol–water partition coefficient (Wildman–Crippen LogP) is 1.62. The minimum atomic E-state index is -0.448. The normalized spacial score (nSPS) is 20.9. The lowest BCUT2D eigenvalue weighted by Gasteiger charge is -2.02. The summed E-state index contributed by atoms with van der Waals surface area (Å²) >= 11 is 0. The van der Waals surface area contributed by atoms with Gasteiger partial charge >= 0.3 is 5.97 Å². The SMILES string of the molecule is COC(=O)CNC(=O)CCc1ccc(C2CC2C)o1. The summed E-state index contributed by atoms with van der Waals surface area (Å²) in [5.74, 6) is 2.49. The van der Waals surface area contributed by atoms with Crippen LogP contribution in [0.4, 0.5) is 0 Å². The fraction of sp³-hybridized carbons (Fsp3) is 0.571. The Morgan fingerprint density at radius 3 is 2.84 bits per heavy atom. The molecule has 1 N–H and O–H groups in total. The zero-order valence-corrected chi connectivity index (χ0v) is 11.3. The summed E-state index contributed by atoms with van der Waals surface area (Å²) in [6.45, 7) is 2.12. The molecule has 1 saturated carbocycles. The minimum Gasteiger partial charge on any atom is -0.468 e. The molecule has 0 aromatic carbocycles. The van der Waals surface area contributed by atoms with Crippen molar-refractivity contribution in [2.75, 3.05) is 13.7 Å². The Kier molecular flexibility index (Phi) is 4.24. The number of rotatable bonds is 6.